The van der Waals surface area contributed by atoms with E-state index in [-0.39, 0.29) is 0 Å². The van der Waals surface area contributed by atoms with E-state index in [9.17, 15) is 0 Å². The Kier molecular flexibility index (Phi) is 4.13. The van der Waals surface area contributed by atoms with Crippen molar-refractivity contribution in [1.82, 2.24) is 10.6 Å². The fourth-order valence-electron chi connectivity index (χ4n) is 1.91. The molecular weight excluding hydrogens is 194 g/mol. The van der Waals surface area contributed by atoms with Gasteiger partial charge in [0.25, 0.3) is 0 Å². The minimum atomic E-state index is 0.853. The smallest absolute Gasteiger partial charge is 0.106 e. The minimum absolute atomic E-state index is 0.853. The summed E-state index contributed by atoms with van der Waals surface area (Å²) in [6, 6.07) is 0. The summed E-state index contributed by atoms with van der Waals surface area (Å²) in [5, 5.41) is 6.88. The van der Waals surface area contributed by atoms with E-state index in [1.54, 1.807) is 0 Å². The molecule has 0 aromatic heterocycles. The van der Waals surface area contributed by atoms with Crippen LogP contribution in [-0.2, 0) is 0 Å². The van der Waals surface area contributed by atoms with E-state index >= 15 is 0 Å². The minimum Gasteiger partial charge on any atom is -0.373 e. The molecule has 2 rings (SSSR count). The average Bonchev–Trinajstić information content (AvgIpc) is 2.29. The van der Waals surface area contributed by atoms with Crippen molar-refractivity contribution in [3.63, 3.8) is 0 Å². The van der Waals surface area contributed by atoms with Crippen molar-refractivity contribution < 1.29 is 0 Å². The molecule has 0 radical (unpaired) electrons. The van der Waals surface area contributed by atoms with Gasteiger partial charge in [-0.1, -0.05) is 0 Å². The van der Waals surface area contributed by atoms with Crippen LogP contribution in [0.3, 0.4) is 0 Å². The Bertz CT molecular complexity index is 200. The van der Waals surface area contributed by atoms with Crippen LogP contribution in [0.2, 0.25) is 0 Å². The van der Waals surface area contributed by atoms with E-state index in [1.165, 1.54) is 37.5 Å². The second kappa shape index (κ2) is 5.61. The van der Waals surface area contributed by atoms with E-state index in [2.05, 4.69) is 15.6 Å². The molecule has 2 heterocycles. The Labute approximate surface area is 90.1 Å². The van der Waals surface area contributed by atoms with E-state index in [0.29, 0.717) is 0 Å². The molecule has 0 atom stereocenters. The molecule has 2 aliphatic heterocycles. The van der Waals surface area contributed by atoms with E-state index in [0.717, 1.165) is 24.8 Å². The van der Waals surface area contributed by atoms with Gasteiger partial charge in [-0.25, -0.2) is 0 Å². The van der Waals surface area contributed by atoms with Crippen molar-refractivity contribution in [3.8, 4) is 0 Å². The third-order valence-electron chi connectivity index (χ3n) is 2.83. The molecule has 4 heteroatoms. The summed E-state index contributed by atoms with van der Waals surface area (Å²) in [4.78, 5) is 4.48. The van der Waals surface area contributed by atoms with Gasteiger partial charge in [0.05, 0.1) is 12.3 Å². The largest absolute Gasteiger partial charge is 0.373 e. The lowest BCUT2D eigenvalue weighted by Gasteiger charge is -2.24. The lowest BCUT2D eigenvalue weighted by molar-refractivity contribution is 0.372. The molecule has 80 valence electrons. The first kappa shape index (κ1) is 10.3. The number of piperidine rings is 1. The summed E-state index contributed by atoms with van der Waals surface area (Å²) in [5.74, 6) is 4.36. The van der Waals surface area contributed by atoms with Crippen LogP contribution >= 0.6 is 11.8 Å². The molecule has 0 unspecified atom stereocenters. The van der Waals surface area contributed by atoms with Gasteiger partial charge in [0.15, 0.2) is 0 Å². The van der Waals surface area contributed by atoms with Crippen LogP contribution in [0.25, 0.3) is 0 Å². The van der Waals surface area contributed by atoms with Crippen molar-refractivity contribution in [3.05, 3.63) is 0 Å². The Hall–Kier alpha value is -0.220. The Morgan fingerprint density at radius 2 is 2.29 bits per heavy atom. The summed E-state index contributed by atoms with van der Waals surface area (Å²) < 4.78 is 0. The van der Waals surface area contributed by atoms with Crippen molar-refractivity contribution in [2.75, 3.05) is 37.7 Å². The third kappa shape index (κ3) is 3.17. The van der Waals surface area contributed by atoms with Crippen LogP contribution in [0.1, 0.15) is 12.8 Å². The van der Waals surface area contributed by atoms with E-state index in [4.69, 9.17) is 0 Å². The quantitative estimate of drug-likeness (QED) is 0.710. The fourth-order valence-corrected chi connectivity index (χ4v) is 2.67. The summed E-state index contributed by atoms with van der Waals surface area (Å²) in [6.07, 6.45) is 2.63. The van der Waals surface area contributed by atoms with Crippen molar-refractivity contribution in [2.45, 2.75) is 12.8 Å². The summed E-state index contributed by atoms with van der Waals surface area (Å²) in [5.41, 5.74) is 0. The van der Waals surface area contributed by atoms with Gasteiger partial charge in [-0.2, -0.15) is 11.8 Å². The average molecular weight is 213 g/mol. The number of aliphatic imine (C=N–C) groups is 1. The van der Waals surface area contributed by atoms with Crippen LogP contribution in [0.4, 0.5) is 0 Å². The first-order valence-corrected chi connectivity index (χ1v) is 6.66. The van der Waals surface area contributed by atoms with E-state index < -0.39 is 0 Å². The number of hydrogen-bond acceptors (Lipinski definition) is 4. The van der Waals surface area contributed by atoms with Crippen LogP contribution in [0.15, 0.2) is 4.99 Å². The van der Waals surface area contributed by atoms with Gasteiger partial charge < -0.3 is 10.6 Å². The third-order valence-corrected chi connectivity index (χ3v) is 3.78. The highest BCUT2D eigenvalue weighted by Crippen LogP contribution is 2.11. The molecule has 0 amide bonds. The highest BCUT2D eigenvalue weighted by molar-refractivity contribution is 8.00. The SMILES string of the molecule is C1CSCC(NCC2CCNCC2)=N1. The monoisotopic (exact) mass is 213 g/mol. The van der Waals surface area contributed by atoms with Crippen molar-refractivity contribution in [1.29, 1.82) is 0 Å². The number of amidine groups is 1. The summed E-state index contributed by atoms with van der Waals surface area (Å²) in [6.45, 7) is 4.50. The zero-order valence-corrected chi connectivity index (χ0v) is 9.41. The Balaban J connectivity index is 1.67. The van der Waals surface area contributed by atoms with Crippen LogP contribution in [0, 0.1) is 5.92 Å². The number of nitrogens with zero attached hydrogens (tertiary/aromatic N) is 1. The highest BCUT2D eigenvalue weighted by atomic mass is 32.2. The van der Waals surface area contributed by atoms with Gasteiger partial charge in [-0.05, 0) is 31.8 Å². The van der Waals surface area contributed by atoms with Gasteiger partial charge in [0.1, 0.15) is 5.84 Å². The normalized spacial score (nSPS) is 24.4. The predicted octanol–water partition coefficient (Wildman–Crippen LogP) is 0.721. The highest BCUT2D eigenvalue weighted by Gasteiger charge is 2.13. The second-order valence-electron chi connectivity index (χ2n) is 3.96. The summed E-state index contributed by atoms with van der Waals surface area (Å²) in [7, 11) is 0. The van der Waals surface area contributed by atoms with Crippen molar-refractivity contribution >= 4 is 17.6 Å². The fraction of sp³-hybridized carbons (Fsp3) is 0.900. The zero-order valence-electron chi connectivity index (χ0n) is 8.59. The van der Waals surface area contributed by atoms with Gasteiger partial charge in [-0.3, -0.25) is 4.99 Å². The maximum absolute atomic E-state index is 4.48. The van der Waals surface area contributed by atoms with Crippen LogP contribution in [0.5, 0.6) is 0 Å². The summed E-state index contributed by atoms with van der Waals surface area (Å²) >= 11 is 1.98. The Morgan fingerprint density at radius 1 is 1.43 bits per heavy atom. The predicted molar refractivity (Wildman–Crippen MR) is 63.2 cm³/mol. The molecule has 0 saturated carbocycles. The zero-order chi connectivity index (χ0) is 9.64. The first-order valence-electron chi connectivity index (χ1n) is 5.51. The standard InChI is InChI=1S/C10H19N3S/c1-3-11-4-2-9(1)7-13-10-8-14-6-5-12-10/h9,11H,1-8H2,(H,12,13). The molecule has 0 spiro atoms. The molecular formula is C10H19N3S. The number of nitrogens with one attached hydrogen (secondary N) is 2. The second-order valence-corrected chi connectivity index (χ2v) is 5.06. The maximum atomic E-state index is 4.48. The lowest BCUT2D eigenvalue weighted by Crippen LogP contribution is -2.37. The molecule has 0 bridgehead atoms. The molecule has 0 aromatic carbocycles. The van der Waals surface area contributed by atoms with Crippen LogP contribution < -0.4 is 10.6 Å². The molecule has 0 aliphatic carbocycles. The Morgan fingerprint density at radius 3 is 3.00 bits per heavy atom. The molecule has 2 aliphatic rings. The van der Waals surface area contributed by atoms with E-state index in [1.807, 2.05) is 11.8 Å². The molecule has 2 N–H and O–H groups in total. The maximum Gasteiger partial charge on any atom is 0.106 e. The number of hydrogen-bond donors (Lipinski definition) is 2. The lowest BCUT2D eigenvalue weighted by atomic mass is 9.98. The van der Waals surface area contributed by atoms with Gasteiger partial charge in [0.2, 0.25) is 0 Å². The van der Waals surface area contributed by atoms with Crippen molar-refractivity contribution in [2.24, 2.45) is 10.9 Å². The topological polar surface area (TPSA) is 36.4 Å². The molecule has 3 nitrogen and oxygen atoms in total. The number of rotatable bonds is 2. The number of thioether (sulfide) groups is 1. The molecule has 1 fully saturated rings. The van der Waals surface area contributed by atoms with Gasteiger partial charge >= 0.3 is 0 Å². The molecule has 0 aromatic rings. The first-order chi connectivity index (χ1) is 6.95. The van der Waals surface area contributed by atoms with Gasteiger partial charge in [0, 0.05) is 12.3 Å². The molecule has 1 saturated heterocycles. The molecule has 14 heavy (non-hydrogen) atoms. The van der Waals surface area contributed by atoms with Gasteiger partial charge in [-0.15, -0.1) is 0 Å². The van der Waals surface area contributed by atoms with Crippen LogP contribution in [-0.4, -0.2) is 43.5 Å².